The number of aromatic nitrogens is 2. The summed E-state index contributed by atoms with van der Waals surface area (Å²) in [6.07, 6.45) is -1.04. The lowest BCUT2D eigenvalue weighted by molar-refractivity contribution is -0.0727. The Morgan fingerprint density at radius 2 is 2.24 bits per heavy atom. The molecule has 0 bridgehead atoms. The van der Waals surface area contributed by atoms with Crippen LogP contribution in [0.1, 0.15) is 12.6 Å². The van der Waals surface area contributed by atoms with Crippen LogP contribution in [0.15, 0.2) is 42.4 Å². The highest BCUT2D eigenvalue weighted by atomic mass is 79.9. The smallest absolute Gasteiger partial charge is 0.330 e. The van der Waals surface area contributed by atoms with Crippen molar-refractivity contribution in [1.29, 1.82) is 0 Å². The molecule has 21 heavy (non-hydrogen) atoms. The van der Waals surface area contributed by atoms with Crippen molar-refractivity contribution in [3.8, 4) is 0 Å². The number of aromatic amines is 1. The number of hydrogen-bond acceptors (Lipinski definition) is 7. The normalized spacial score (nSPS) is 29.1. The molecule has 0 spiro atoms. The van der Waals surface area contributed by atoms with Gasteiger partial charge in [0.15, 0.2) is 0 Å². The molecule has 3 N–H and O–H groups in total. The fraction of sp³-hybridized carbons (Fsp3) is 0.455. The SMILES string of the molecule is O=c1[nH]c(=O)n([C@H]2C[C@H](O)[C@@H](C(O)C3=CN=N3)O2)cc1Br. The van der Waals surface area contributed by atoms with Gasteiger partial charge in [-0.3, -0.25) is 14.3 Å². The summed E-state index contributed by atoms with van der Waals surface area (Å²) >= 11 is 3.02. The van der Waals surface area contributed by atoms with Crippen molar-refractivity contribution < 1.29 is 14.9 Å². The number of aliphatic hydroxyl groups excluding tert-OH is 2. The summed E-state index contributed by atoms with van der Waals surface area (Å²) in [6.45, 7) is 0. The van der Waals surface area contributed by atoms with Gasteiger partial charge < -0.3 is 14.9 Å². The Hall–Kier alpha value is -1.62. The van der Waals surface area contributed by atoms with Gasteiger partial charge in [-0.15, -0.1) is 0 Å². The number of azo groups is 1. The molecule has 3 rings (SSSR count). The number of halogens is 1. The highest BCUT2D eigenvalue weighted by molar-refractivity contribution is 9.10. The molecule has 0 amide bonds. The van der Waals surface area contributed by atoms with Gasteiger partial charge in [0.2, 0.25) is 0 Å². The third-order valence-corrected chi connectivity index (χ3v) is 3.91. The van der Waals surface area contributed by atoms with E-state index in [2.05, 4.69) is 31.1 Å². The van der Waals surface area contributed by atoms with E-state index < -0.39 is 35.8 Å². The molecule has 2 aliphatic heterocycles. The molecule has 1 aromatic heterocycles. The molecule has 0 saturated carbocycles. The highest BCUT2D eigenvalue weighted by Crippen LogP contribution is 2.32. The average molecular weight is 359 g/mol. The van der Waals surface area contributed by atoms with Crippen LogP contribution in [0.25, 0.3) is 0 Å². The van der Waals surface area contributed by atoms with Gasteiger partial charge in [0.1, 0.15) is 24.1 Å². The van der Waals surface area contributed by atoms with Gasteiger partial charge in [-0.25, -0.2) is 4.79 Å². The van der Waals surface area contributed by atoms with Gasteiger partial charge >= 0.3 is 5.69 Å². The first kappa shape index (κ1) is 14.3. The van der Waals surface area contributed by atoms with E-state index in [4.69, 9.17) is 4.74 Å². The molecule has 3 heterocycles. The zero-order chi connectivity index (χ0) is 15.1. The second kappa shape index (κ2) is 5.30. The van der Waals surface area contributed by atoms with Crippen molar-refractivity contribution >= 4 is 15.9 Å². The first-order valence-corrected chi connectivity index (χ1v) is 6.90. The van der Waals surface area contributed by atoms with E-state index in [0.717, 1.165) is 4.57 Å². The average Bonchev–Trinajstić information content (AvgIpc) is 2.73. The van der Waals surface area contributed by atoms with Crippen molar-refractivity contribution in [2.24, 2.45) is 10.2 Å². The highest BCUT2D eigenvalue weighted by Gasteiger charge is 2.42. The molecule has 0 aliphatic carbocycles. The van der Waals surface area contributed by atoms with Crippen LogP contribution in [0.3, 0.4) is 0 Å². The summed E-state index contributed by atoms with van der Waals surface area (Å²) in [7, 11) is 0. The van der Waals surface area contributed by atoms with Gasteiger partial charge in [-0.05, 0) is 15.9 Å². The lowest BCUT2D eigenvalue weighted by Crippen LogP contribution is -2.36. The minimum Gasteiger partial charge on any atom is -0.390 e. The molecule has 1 saturated heterocycles. The van der Waals surface area contributed by atoms with E-state index in [1.54, 1.807) is 0 Å². The topological polar surface area (TPSA) is 129 Å². The van der Waals surface area contributed by atoms with Crippen LogP contribution in [-0.2, 0) is 4.74 Å². The second-order valence-corrected chi connectivity index (χ2v) is 5.57. The predicted molar refractivity (Wildman–Crippen MR) is 72.5 cm³/mol. The Labute approximate surface area is 125 Å². The first-order chi connectivity index (χ1) is 9.97. The van der Waals surface area contributed by atoms with Crippen molar-refractivity contribution in [3.05, 3.63) is 43.4 Å². The largest absolute Gasteiger partial charge is 0.390 e. The lowest BCUT2D eigenvalue weighted by atomic mass is 10.1. The molecule has 112 valence electrons. The molecule has 10 heteroatoms. The minimum atomic E-state index is -1.12. The van der Waals surface area contributed by atoms with E-state index in [-0.39, 0.29) is 10.9 Å². The molecular formula is C11H11BrN4O5. The van der Waals surface area contributed by atoms with Crippen molar-refractivity contribution in [1.82, 2.24) is 9.55 Å². The summed E-state index contributed by atoms with van der Waals surface area (Å²) in [4.78, 5) is 25.2. The van der Waals surface area contributed by atoms with Crippen molar-refractivity contribution in [3.63, 3.8) is 0 Å². The van der Waals surface area contributed by atoms with Crippen molar-refractivity contribution in [2.75, 3.05) is 0 Å². The maximum atomic E-state index is 11.8. The van der Waals surface area contributed by atoms with Crippen LogP contribution >= 0.6 is 15.9 Å². The van der Waals surface area contributed by atoms with Gasteiger partial charge in [0.25, 0.3) is 5.56 Å². The van der Waals surface area contributed by atoms with Crippen LogP contribution in [0.4, 0.5) is 0 Å². The number of H-pyrrole nitrogens is 1. The van der Waals surface area contributed by atoms with Crippen LogP contribution in [-0.4, -0.2) is 38.1 Å². The Bertz CT molecular complexity index is 739. The third-order valence-electron chi connectivity index (χ3n) is 3.35. The number of ether oxygens (including phenoxy) is 1. The van der Waals surface area contributed by atoms with Crippen molar-refractivity contribution in [2.45, 2.75) is 31.0 Å². The Morgan fingerprint density at radius 3 is 2.86 bits per heavy atom. The number of hydrogen-bond donors (Lipinski definition) is 3. The fourth-order valence-electron chi connectivity index (χ4n) is 2.24. The molecule has 2 aliphatic rings. The lowest BCUT2D eigenvalue weighted by Gasteiger charge is -2.22. The summed E-state index contributed by atoms with van der Waals surface area (Å²) in [6, 6.07) is 0. The van der Waals surface area contributed by atoms with Crippen LogP contribution in [0.5, 0.6) is 0 Å². The summed E-state index contributed by atoms with van der Waals surface area (Å²) in [5.74, 6) is 0. The molecule has 1 aromatic rings. The molecule has 1 fully saturated rings. The summed E-state index contributed by atoms with van der Waals surface area (Å²) < 4.78 is 6.85. The summed E-state index contributed by atoms with van der Waals surface area (Å²) in [5, 5.41) is 27.1. The number of nitrogens with zero attached hydrogens (tertiary/aromatic N) is 3. The zero-order valence-corrected chi connectivity index (χ0v) is 12.1. The Balaban J connectivity index is 1.84. The van der Waals surface area contributed by atoms with Crippen LogP contribution < -0.4 is 11.2 Å². The van der Waals surface area contributed by atoms with Gasteiger partial charge in [-0.1, -0.05) is 0 Å². The zero-order valence-electron chi connectivity index (χ0n) is 10.5. The Morgan fingerprint density at radius 1 is 1.52 bits per heavy atom. The fourth-order valence-corrected chi connectivity index (χ4v) is 2.55. The van der Waals surface area contributed by atoms with E-state index in [9.17, 15) is 19.8 Å². The van der Waals surface area contributed by atoms with Crippen LogP contribution in [0, 0.1) is 0 Å². The second-order valence-electron chi connectivity index (χ2n) is 4.72. The molecule has 0 radical (unpaired) electrons. The maximum Gasteiger partial charge on any atom is 0.330 e. The molecule has 4 atom stereocenters. The quantitative estimate of drug-likeness (QED) is 0.677. The van der Waals surface area contributed by atoms with Gasteiger partial charge in [-0.2, -0.15) is 10.2 Å². The maximum absolute atomic E-state index is 11.8. The number of nitrogens with one attached hydrogen (secondary N) is 1. The van der Waals surface area contributed by atoms with Crippen LogP contribution in [0.2, 0.25) is 0 Å². The number of aliphatic hydroxyl groups is 2. The third kappa shape index (κ3) is 2.50. The van der Waals surface area contributed by atoms with Gasteiger partial charge in [0.05, 0.1) is 16.8 Å². The molecule has 0 aromatic carbocycles. The minimum absolute atomic E-state index is 0.102. The van der Waals surface area contributed by atoms with E-state index in [1.165, 1.54) is 12.4 Å². The van der Waals surface area contributed by atoms with E-state index >= 15 is 0 Å². The van der Waals surface area contributed by atoms with Gasteiger partial charge in [0, 0.05) is 12.6 Å². The van der Waals surface area contributed by atoms with E-state index in [1.807, 2.05) is 0 Å². The first-order valence-electron chi connectivity index (χ1n) is 6.11. The molecule has 9 nitrogen and oxygen atoms in total. The standard InChI is InChI=1S/C11H11BrN4O5/c12-4-3-16(11(20)14-10(4)19)7-1-6(17)9(21-7)8(18)5-2-13-15-5/h2-3,6-9,17-18H,1H2,(H,14,19,20)/t6-,7+,8?,9-/m0/s1. The predicted octanol–water partition coefficient (Wildman–Crippen LogP) is -0.384. The number of rotatable bonds is 3. The monoisotopic (exact) mass is 358 g/mol. The molecular weight excluding hydrogens is 348 g/mol. The Kier molecular flexibility index (Phi) is 3.61. The molecule has 1 unspecified atom stereocenters. The summed E-state index contributed by atoms with van der Waals surface area (Å²) in [5.41, 5.74) is -0.890. The van der Waals surface area contributed by atoms with E-state index in [0.29, 0.717) is 5.70 Å².